The predicted molar refractivity (Wildman–Crippen MR) is 64.1 cm³/mol. The van der Waals surface area contributed by atoms with Crippen LogP contribution in [0.5, 0.6) is 0 Å². The molecule has 0 saturated heterocycles. The molecule has 1 aromatic rings. The molecule has 0 aromatic heterocycles. The van der Waals surface area contributed by atoms with E-state index in [9.17, 15) is 0 Å². The van der Waals surface area contributed by atoms with Gasteiger partial charge in [0.15, 0.2) is 0 Å². The first-order valence-electron chi connectivity index (χ1n) is 5.58. The summed E-state index contributed by atoms with van der Waals surface area (Å²) in [7, 11) is 0. The van der Waals surface area contributed by atoms with Crippen LogP contribution in [0, 0.1) is 13.8 Å². The standard InChI is InChI=1S/C13H21NO/c1-4-15-6-5-14-10-13-8-11(2)7-12(3)9-13/h7-9,14H,4-6,10H2,1-3H3. The van der Waals surface area contributed by atoms with Gasteiger partial charge in [-0.25, -0.2) is 0 Å². The number of nitrogens with one attached hydrogen (secondary N) is 1. The molecular weight excluding hydrogens is 186 g/mol. The van der Waals surface area contributed by atoms with Gasteiger partial charge in [0.2, 0.25) is 0 Å². The van der Waals surface area contributed by atoms with E-state index in [1.165, 1.54) is 16.7 Å². The second kappa shape index (κ2) is 6.59. The van der Waals surface area contributed by atoms with Crippen LogP contribution in [-0.2, 0) is 11.3 Å². The molecule has 0 aliphatic rings. The lowest BCUT2D eigenvalue weighted by Crippen LogP contribution is -2.19. The van der Waals surface area contributed by atoms with Crippen LogP contribution in [0.4, 0.5) is 0 Å². The van der Waals surface area contributed by atoms with Crippen molar-refractivity contribution >= 4 is 0 Å². The third-order valence-corrected chi connectivity index (χ3v) is 2.24. The second-order valence-electron chi connectivity index (χ2n) is 3.87. The van der Waals surface area contributed by atoms with Crippen molar-refractivity contribution in [3.63, 3.8) is 0 Å². The van der Waals surface area contributed by atoms with Crippen LogP contribution in [0.1, 0.15) is 23.6 Å². The van der Waals surface area contributed by atoms with Crippen LogP contribution in [0.25, 0.3) is 0 Å². The number of hydrogen-bond acceptors (Lipinski definition) is 2. The Morgan fingerprint density at radius 3 is 2.40 bits per heavy atom. The summed E-state index contributed by atoms with van der Waals surface area (Å²) in [6, 6.07) is 6.64. The summed E-state index contributed by atoms with van der Waals surface area (Å²) in [5.41, 5.74) is 4.01. The highest BCUT2D eigenvalue weighted by atomic mass is 16.5. The Morgan fingerprint density at radius 1 is 1.13 bits per heavy atom. The average molecular weight is 207 g/mol. The monoisotopic (exact) mass is 207 g/mol. The summed E-state index contributed by atoms with van der Waals surface area (Å²) in [6.07, 6.45) is 0. The van der Waals surface area contributed by atoms with Crippen molar-refractivity contribution in [2.24, 2.45) is 0 Å². The molecule has 2 heteroatoms. The Kier molecular flexibility index (Phi) is 5.37. The third kappa shape index (κ3) is 4.96. The van der Waals surface area contributed by atoms with E-state index >= 15 is 0 Å². The summed E-state index contributed by atoms with van der Waals surface area (Å²) >= 11 is 0. The van der Waals surface area contributed by atoms with Gasteiger partial charge in [0.05, 0.1) is 6.61 Å². The minimum Gasteiger partial charge on any atom is -0.380 e. The summed E-state index contributed by atoms with van der Waals surface area (Å²) in [6.45, 7) is 9.72. The van der Waals surface area contributed by atoms with Gasteiger partial charge in [0.1, 0.15) is 0 Å². The van der Waals surface area contributed by atoms with Gasteiger partial charge >= 0.3 is 0 Å². The molecule has 15 heavy (non-hydrogen) atoms. The van der Waals surface area contributed by atoms with Crippen LogP contribution in [-0.4, -0.2) is 19.8 Å². The molecule has 1 N–H and O–H groups in total. The maximum atomic E-state index is 5.26. The van der Waals surface area contributed by atoms with Crippen molar-refractivity contribution in [2.75, 3.05) is 19.8 Å². The smallest absolute Gasteiger partial charge is 0.0590 e. The molecule has 0 atom stereocenters. The largest absolute Gasteiger partial charge is 0.380 e. The van der Waals surface area contributed by atoms with Crippen LogP contribution >= 0.6 is 0 Å². The van der Waals surface area contributed by atoms with Crippen molar-refractivity contribution < 1.29 is 4.74 Å². The topological polar surface area (TPSA) is 21.3 Å². The van der Waals surface area contributed by atoms with Crippen molar-refractivity contribution in [2.45, 2.75) is 27.3 Å². The minimum absolute atomic E-state index is 0.793. The van der Waals surface area contributed by atoms with E-state index in [1.54, 1.807) is 0 Å². The number of rotatable bonds is 6. The molecule has 84 valence electrons. The average Bonchev–Trinajstić information content (AvgIpc) is 2.16. The first-order chi connectivity index (χ1) is 7.22. The van der Waals surface area contributed by atoms with Crippen LogP contribution in [0.2, 0.25) is 0 Å². The van der Waals surface area contributed by atoms with Crippen molar-refractivity contribution in [1.29, 1.82) is 0 Å². The number of hydrogen-bond donors (Lipinski definition) is 1. The van der Waals surface area contributed by atoms with E-state index in [2.05, 4.69) is 37.4 Å². The second-order valence-corrected chi connectivity index (χ2v) is 3.87. The van der Waals surface area contributed by atoms with Gasteiger partial charge < -0.3 is 10.1 Å². The summed E-state index contributed by atoms with van der Waals surface area (Å²) in [5.74, 6) is 0. The Labute approximate surface area is 92.6 Å². The van der Waals surface area contributed by atoms with E-state index in [0.717, 1.165) is 26.3 Å². The molecule has 0 aliphatic heterocycles. The summed E-state index contributed by atoms with van der Waals surface area (Å²) in [5, 5.41) is 3.37. The zero-order chi connectivity index (χ0) is 11.1. The number of benzene rings is 1. The molecule has 0 radical (unpaired) electrons. The molecule has 0 bridgehead atoms. The van der Waals surface area contributed by atoms with E-state index in [4.69, 9.17) is 4.74 Å². The molecule has 0 spiro atoms. The number of aryl methyl sites for hydroxylation is 2. The van der Waals surface area contributed by atoms with E-state index < -0.39 is 0 Å². The fourth-order valence-electron chi connectivity index (χ4n) is 1.69. The Hall–Kier alpha value is -0.860. The Balaban J connectivity index is 2.31. The van der Waals surface area contributed by atoms with Gasteiger partial charge in [0, 0.05) is 19.7 Å². The van der Waals surface area contributed by atoms with Gasteiger partial charge in [-0.3, -0.25) is 0 Å². The Morgan fingerprint density at radius 2 is 1.80 bits per heavy atom. The van der Waals surface area contributed by atoms with Crippen molar-refractivity contribution in [3.05, 3.63) is 34.9 Å². The first kappa shape index (κ1) is 12.2. The van der Waals surface area contributed by atoms with Gasteiger partial charge in [-0.05, 0) is 26.3 Å². The minimum atomic E-state index is 0.793. The molecule has 2 nitrogen and oxygen atoms in total. The quantitative estimate of drug-likeness (QED) is 0.723. The van der Waals surface area contributed by atoms with Gasteiger partial charge in [-0.2, -0.15) is 0 Å². The maximum Gasteiger partial charge on any atom is 0.0590 e. The lowest BCUT2D eigenvalue weighted by molar-refractivity contribution is 0.149. The normalized spacial score (nSPS) is 10.6. The fraction of sp³-hybridized carbons (Fsp3) is 0.538. The molecular formula is C13H21NO. The third-order valence-electron chi connectivity index (χ3n) is 2.24. The van der Waals surface area contributed by atoms with E-state index in [0.29, 0.717) is 0 Å². The van der Waals surface area contributed by atoms with E-state index in [1.807, 2.05) is 6.92 Å². The van der Waals surface area contributed by atoms with Gasteiger partial charge in [-0.15, -0.1) is 0 Å². The fourth-order valence-corrected chi connectivity index (χ4v) is 1.69. The molecule has 0 amide bonds. The lowest BCUT2D eigenvalue weighted by atomic mass is 10.1. The predicted octanol–water partition coefficient (Wildman–Crippen LogP) is 2.43. The van der Waals surface area contributed by atoms with Crippen LogP contribution in [0.3, 0.4) is 0 Å². The molecule has 0 aliphatic carbocycles. The zero-order valence-electron chi connectivity index (χ0n) is 9.97. The highest BCUT2D eigenvalue weighted by molar-refractivity contribution is 5.28. The van der Waals surface area contributed by atoms with Crippen LogP contribution in [0.15, 0.2) is 18.2 Å². The molecule has 0 fully saturated rings. The first-order valence-corrected chi connectivity index (χ1v) is 5.58. The lowest BCUT2D eigenvalue weighted by Gasteiger charge is -2.07. The van der Waals surface area contributed by atoms with Crippen LogP contribution < -0.4 is 5.32 Å². The van der Waals surface area contributed by atoms with E-state index in [-0.39, 0.29) is 0 Å². The molecule has 0 saturated carbocycles. The maximum absolute atomic E-state index is 5.26. The number of ether oxygens (including phenoxy) is 1. The molecule has 0 unspecified atom stereocenters. The molecule has 1 rings (SSSR count). The van der Waals surface area contributed by atoms with Gasteiger partial charge in [0.25, 0.3) is 0 Å². The molecule has 0 heterocycles. The Bertz CT molecular complexity index is 276. The summed E-state index contributed by atoms with van der Waals surface area (Å²) in [4.78, 5) is 0. The van der Waals surface area contributed by atoms with Gasteiger partial charge in [-0.1, -0.05) is 29.3 Å². The van der Waals surface area contributed by atoms with Crippen molar-refractivity contribution in [1.82, 2.24) is 5.32 Å². The summed E-state index contributed by atoms with van der Waals surface area (Å²) < 4.78 is 5.26. The molecule has 1 aromatic carbocycles. The zero-order valence-corrected chi connectivity index (χ0v) is 9.97. The highest BCUT2D eigenvalue weighted by Gasteiger charge is 1.95. The SMILES string of the molecule is CCOCCNCc1cc(C)cc(C)c1. The highest BCUT2D eigenvalue weighted by Crippen LogP contribution is 2.08. The van der Waals surface area contributed by atoms with Crippen molar-refractivity contribution in [3.8, 4) is 0 Å².